The number of nitrogens with two attached hydrogens (primary N) is 1. The van der Waals surface area contributed by atoms with E-state index in [0.29, 0.717) is 30.4 Å². The van der Waals surface area contributed by atoms with Crippen LogP contribution in [0.4, 0.5) is 11.4 Å². The van der Waals surface area contributed by atoms with E-state index in [1.54, 1.807) is 13.8 Å². The molecule has 0 fully saturated rings. The molecule has 7 heteroatoms. The minimum atomic E-state index is -1.04. The number of hydrogen-bond donors (Lipinski definition) is 3. The number of aromatic carboxylic acids is 1. The monoisotopic (exact) mass is 276 g/mol. The lowest BCUT2D eigenvalue weighted by molar-refractivity contribution is 0.0698. The number of aromatic nitrogens is 2. The highest BCUT2D eigenvalue weighted by Crippen LogP contribution is 2.22. The van der Waals surface area contributed by atoms with Crippen LogP contribution in [0.2, 0.25) is 0 Å². The minimum absolute atomic E-state index is 0.0999. The van der Waals surface area contributed by atoms with Crippen LogP contribution in [0.1, 0.15) is 27.6 Å². The summed E-state index contributed by atoms with van der Waals surface area (Å²) in [5.41, 5.74) is 7.55. The van der Waals surface area contributed by atoms with Crippen LogP contribution in [-0.2, 0) is 6.42 Å². The van der Waals surface area contributed by atoms with Gasteiger partial charge in [0.05, 0.1) is 5.56 Å². The highest BCUT2D eigenvalue weighted by Gasteiger charge is 2.11. The van der Waals surface area contributed by atoms with Crippen LogP contribution >= 0.6 is 0 Å². The number of carboxylic acid groups (broad SMARTS) is 1. The number of nitrogen functional groups attached to an aromatic ring is 1. The zero-order chi connectivity index (χ0) is 14.7. The van der Waals surface area contributed by atoms with E-state index in [1.165, 1.54) is 6.07 Å². The van der Waals surface area contributed by atoms with Crippen molar-refractivity contribution >= 4 is 17.3 Å². The summed E-state index contributed by atoms with van der Waals surface area (Å²) in [6.45, 7) is 4.07. The zero-order valence-electron chi connectivity index (χ0n) is 11.3. The number of nitrogens with one attached hydrogen (secondary N) is 1. The molecule has 106 valence electrons. The van der Waals surface area contributed by atoms with Crippen molar-refractivity contribution in [1.82, 2.24) is 10.1 Å². The van der Waals surface area contributed by atoms with Gasteiger partial charge in [-0.2, -0.15) is 4.98 Å². The first kappa shape index (κ1) is 13.9. The molecule has 0 unspecified atom stereocenters. The third-order valence-electron chi connectivity index (χ3n) is 2.86. The Kier molecular flexibility index (Phi) is 3.88. The topological polar surface area (TPSA) is 114 Å². The lowest BCUT2D eigenvalue weighted by Crippen LogP contribution is -2.09. The van der Waals surface area contributed by atoms with Gasteiger partial charge in [-0.15, -0.1) is 0 Å². The average Bonchev–Trinajstić information content (AvgIpc) is 2.79. The van der Waals surface area contributed by atoms with Gasteiger partial charge in [-0.05, 0) is 24.6 Å². The van der Waals surface area contributed by atoms with Crippen LogP contribution in [0.25, 0.3) is 0 Å². The fraction of sp³-hybridized carbons (Fsp3) is 0.308. The van der Waals surface area contributed by atoms with Crippen molar-refractivity contribution in [3.63, 3.8) is 0 Å². The van der Waals surface area contributed by atoms with E-state index < -0.39 is 5.97 Å². The molecule has 2 rings (SSSR count). The Hall–Kier alpha value is -2.57. The summed E-state index contributed by atoms with van der Waals surface area (Å²) < 4.78 is 4.87. The number of carboxylic acids is 1. The van der Waals surface area contributed by atoms with Crippen LogP contribution in [-0.4, -0.2) is 27.8 Å². The molecular formula is C13H16N4O3. The van der Waals surface area contributed by atoms with Crippen LogP contribution in [0.5, 0.6) is 0 Å². The number of carbonyl (C=O) groups is 1. The molecule has 20 heavy (non-hydrogen) atoms. The Morgan fingerprint density at radius 1 is 1.45 bits per heavy atom. The number of benzene rings is 1. The second-order valence-corrected chi connectivity index (χ2v) is 4.47. The minimum Gasteiger partial charge on any atom is -0.478 e. The van der Waals surface area contributed by atoms with E-state index in [2.05, 4.69) is 15.5 Å². The van der Waals surface area contributed by atoms with E-state index in [4.69, 9.17) is 15.4 Å². The van der Waals surface area contributed by atoms with E-state index in [-0.39, 0.29) is 11.3 Å². The van der Waals surface area contributed by atoms with E-state index in [0.717, 1.165) is 5.56 Å². The maximum absolute atomic E-state index is 11.1. The highest BCUT2D eigenvalue weighted by molar-refractivity contribution is 5.95. The van der Waals surface area contributed by atoms with Gasteiger partial charge in [0.25, 0.3) is 0 Å². The van der Waals surface area contributed by atoms with Gasteiger partial charge >= 0.3 is 5.97 Å². The summed E-state index contributed by atoms with van der Waals surface area (Å²) in [5, 5.41) is 16.0. The van der Waals surface area contributed by atoms with Crippen molar-refractivity contribution in [3.05, 3.63) is 35.0 Å². The summed E-state index contributed by atoms with van der Waals surface area (Å²) in [4.78, 5) is 15.2. The molecule has 0 bridgehead atoms. The Morgan fingerprint density at radius 3 is 2.80 bits per heavy atom. The number of hydrogen-bond acceptors (Lipinski definition) is 6. The molecule has 1 heterocycles. The first-order valence-corrected chi connectivity index (χ1v) is 6.14. The first-order chi connectivity index (χ1) is 9.47. The summed E-state index contributed by atoms with van der Waals surface area (Å²) >= 11 is 0. The number of anilines is 2. The lowest BCUT2D eigenvalue weighted by atomic mass is 10.1. The molecule has 0 atom stereocenters. The van der Waals surface area contributed by atoms with Crippen molar-refractivity contribution in [2.45, 2.75) is 20.3 Å². The Balaban J connectivity index is 2.04. The van der Waals surface area contributed by atoms with Gasteiger partial charge in [0.15, 0.2) is 5.82 Å². The van der Waals surface area contributed by atoms with Gasteiger partial charge in [-0.3, -0.25) is 0 Å². The van der Waals surface area contributed by atoms with Crippen LogP contribution in [0.3, 0.4) is 0 Å². The smallest absolute Gasteiger partial charge is 0.337 e. The molecule has 1 aromatic carbocycles. The first-order valence-electron chi connectivity index (χ1n) is 6.14. The fourth-order valence-electron chi connectivity index (χ4n) is 1.84. The van der Waals surface area contributed by atoms with Crippen molar-refractivity contribution in [3.8, 4) is 0 Å². The van der Waals surface area contributed by atoms with Gasteiger partial charge in [-0.1, -0.05) is 5.16 Å². The maximum atomic E-state index is 11.1. The second-order valence-electron chi connectivity index (χ2n) is 4.47. The number of nitrogens with zero attached hydrogens (tertiary/aromatic N) is 2. The van der Waals surface area contributed by atoms with Gasteiger partial charge < -0.3 is 20.7 Å². The van der Waals surface area contributed by atoms with Crippen LogP contribution in [0, 0.1) is 13.8 Å². The molecule has 0 radical (unpaired) electrons. The molecule has 0 aliphatic heterocycles. The Labute approximate surface area is 115 Å². The SMILES string of the molecule is Cc1nc(CCNc2cc(C)c(N)c(C(=O)O)c2)no1. The fourth-order valence-corrected chi connectivity index (χ4v) is 1.84. The van der Waals surface area contributed by atoms with Crippen molar-refractivity contribution < 1.29 is 14.4 Å². The van der Waals surface area contributed by atoms with E-state index in [9.17, 15) is 4.79 Å². The van der Waals surface area contributed by atoms with Crippen molar-refractivity contribution in [2.24, 2.45) is 0 Å². The largest absolute Gasteiger partial charge is 0.478 e. The van der Waals surface area contributed by atoms with Crippen molar-refractivity contribution in [2.75, 3.05) is 17.6 Å². The van der Waals surface area contributed by atoms with Crippen molar-refractivity contribution in [1.29, 1.82) is 0 Å². The standard InChI is InChI=1S/C13H16N4O3/c1-7-5-9(6-10(12(7)14)13(18)19)15-4-3-11-16-8(2)20-17-11/h5-6,15H,3-4,14H2,1-2H3,(H,18,19). The molecule has 4 N–H and O–H groups in total. The predicted octanol–water partition coefficient (Wildman–Crippen LogP) is 1.62. The van der Waals surface area contributed by atoms with Gasteiger partial charge in [-0.25, -0.2) is 4.79 Å². The summed E-state index contributed by atoms with van der Waals surface area (Å²) in [6, 6.07) is 3.33. The molecule has 1 aromatic heterocycles. The van der Waals surface area contributed by atoms with Crippen LogP contribution in [0.15, 0.2) is 16.7 Å². The average molecular weight is 276 g/mol. The summed E-state index contributed by atoms with van der Waals surface area (Å²) in [6.07, 6.45) is 0.586. The molecule has 0 amide bonds. The molecule has 0 aliphatic rings. The van der Waals surface area contributed by atoms with Gasteiger partial charge in [0, 0.05) is 31.3 Å². The number of rotatable bonds is 5. The maximum Gasteiger partial charge on any atom is 0.337 e. The predicted molar refractivity (Wildman–Crippen MR) is 73.8 cm³/mol. The molecule has 0 saturated heterocycles. The molecule has 0 saturated carbocycles. The molecule has 2 aromatic rings. The van der Waals surface area contributed by atoms with Gasteiger partial charge in [0.2, 0.25) is 5.89 Å². The highest BCUT2D eigenvalue weighted by atomic mass is 16.5. The lowest BCUT2D eigenvalue weighted by Gasteiger charge is -2.10. The normalized spacial score (nSPS) is 10.5. The quantitative estimate of drug-likeness (QED) is 0.711. The summed E-state index contributed by atoms with van der Waals surface area (Å²) in [7, 11) is 0. The molecule has 0 spiro atoms. The molecule has 0 aliphatic carbocycles. The Morgan fingerprint density at radius 2 is 2.20 bits per heavy atom. The number of aryl methyl sites for hydroxylation is 2. The van der Waals surface area contributed by atoms with E-state index in [1.807, 2.05) is 6.07 Å². The molecular weight excluding hydrogens is 260 g/mol. The second kappa shape index (κ2) is 5.60. The van der Waals surface area contributed by atoms with E-state index >= 15 is 0 Å². The third-order valence-corrected chi connectivity index (χ3v) is 2.86. The third kappa shape index (κ3) is 3.05. The van der Waals surface area contributed by atoms with Gasteiger partial charge in [0.1, 0.15) is 0 Å². The van der Waals surface area contributed by atoms with Crippen LogP contribution < -0.4 is 11.1 Å². The molecule has 7 nitrogen and oxygen atoms in total. The zero-order valence-corrected chi connectivity index (χ0v) is 11.3. The summed E-state index contributed by atoms with van der Waals surface area (Å²) in [5.74, 6) is 0.0974. The Bertz CT molecular complexity index is 637.